The average Bonchev–Trinajstić information content (AvgIpc) is 3.47. The monoisotopic (exact) mass is 1130 g/mol. The molecule has 0 amide bonds. The van der Waals surface area contributed by atoms with Crippen LogP contribution >= 0.6 is 0 Å². The second kappa shape index (κ2) is 69.6. The van der Waals surface area contributed by atoms with Crippen LogP contribution in [0.3, 0.4) is 0 Å². The van der Waals surface area contributed by atoms with Gasteiger partial charge >= 0.3 is 17.9 Å². The lowest BCUT2D eigenvalue weighted by Crippen LogP contribution is -2.30. The normalized spacial score (nSPS) is 12.4. The number of ether oxygens (including phenoxy) is 3. The smallest absolute Gasteiger partial charge is 0.306 e. The van der Waals surface area contributed by atoms with Gasteiger partial charge in [0.25, 0.3) is 0 Å². The number of hydrogen-bond acceptors (Lipinski definition) is 6. The SMILES string of the molecule is CC/C=C\C/C=C\C/C=C\C/C=C\CCCCCCC(=O)OC(COC(=O)CCCCCCCCCCCCCCCCC)COC(=O)CCCCCCCCCCCCCCCCCCCCC/C=C\CCCCCCCCCC. The minimum absolute atomic E-state index is 0.0796. The van der Waals surface area contributed by atoms with E-state index in [1.807, 2.05) is 0 Å². The molecule has 0 aliphatic rings. The predicted octanol–water partition coefficient (Wildman–Crippen LogP) is 24.7. The zero-order valence-electron chi connectivity index (χ0n) is 54.3. The van der Waals surface area contributed by atoms with Gasteiger partial charge in [-0.2, -0.15) is 0 Å². The number of carbonyl (C=O) groups is 3. The highest BCUT2D eigenvalue weighted by molar-refractivity contribution is 5.71. The zero-order valence-corrected chi connectivity index (χ0v) is 54.3. The Morgan fingerprint density at radius 1 is 0.259 bits per heavy atom. The van der Waals surface area contributed by atoms with Crippen molar-refractivity contribution in [1.29, 1.82) is 0 Å². The van der Waals surface area contributed by atoms with Crippen LogP contribution in [-0.2, 0) is 28.6 Å². The van der Waals surface area contributed by atoms with Crippen LogP contribution in [0.15, 0.2) is 60.8 Å². The van der Waals surface area contributed by atoms with Crippen LogP contribution in [0.5, 0.6) is 0 Å². The largest absolute Gasteiger partial charge is 0.462 e. The third-order valence-electron chi connectivity index (χ3n) is 16.0. The molecule has 81 heavy (non-hydrogen) atoms. The van der Waals surface area contributed by atoms with E-state index in [-0.39, 0.29) is 31.1 Å². The second-order valence-corrected chi connectivity index (χ2v) is 24.1. The first-order valence-corrected chi connectivity index (χ1v) is 35.8. The van der Waals surface area contributed by atoms with Crippen LogP contribution in [0.4, 0.5) is 0 Å². The van der Waals surface area contributed by atoms with Gasteiger partial charge in [0.1, 0.15) is 13.2 Å². The van der Waals surface area contributed by atoms with Crippen molar-refractivity contribution >= 4 is 17.9 Å². The molecule has 0 rings (SSSR count). The minimum Gasteiger partial charge on any atom is -0.462 e. The van der Waals surface area contributed by atoms with Gasteiger partial charge in [-0.25, -0.2) is 0 Å². The van der Waals surface area contributed by atoms with Gasteiger partial charge in [0, 0.05) is 19.3 Å². The van der Waals surface area contributed by atoms with Gasteiger partial charge in [-0.3, -0.25) is 14.4 Å². The van der Waals surface area contributed by atoms with Gasteiger partial charge in [-0.15, -0.1) is 0 Å². The number of carbonyl (C=O) groups excluding carboxylic acids is 3. The van der Waals surface area contributed by atoms with Gasteiger partial charge in [-0.1, -0.05) is 338 Å². The summed E-state index contributed by atoms with van der Waals surface area (Å²) in [5.41, 5.74) is 0. The molecular formula is C75H136O6. The van der Waals surface area contributed by atoms with E-state index in [2.05, 4.69) is 81.5 Å². The van der Waals surface area contributed by atoms with E-state index in [0.29, 0.717) is 19.3 Å². The molecule has 6 heteroatoms. The Morgan fingerprint density at radius 2 is 0.481 bits per heavy atom. The molecule has 0 spiro atoms. The molecule has 0 saturated heterocycles. The van der Waals surface area contributed by atoms with E-state index in [1.54, 1.807) is 0 Å². The number of allylic oxidation sites excluding steroid dienone is 10. The Bertz CT molecular complexity index is 1440. The molecule has 0 aromatic rings. The van der Waals surface area contributed by atoms with E-state index in [1.165, 1.54) is 244 Å². The van der Waals surface area contributed by atoms with E-state index < -0.39 is 6.10 Å². The van der Waals surface area contributed by atoms with Crippen molar-refractivity contribution in [2.75, 3.05) is 13.2 Å². The molecule has 0 saturated carbocycles. The first-order chi connectivity index (χ1) is 40.0. The molecule has 6 nitrogen and oxygen atoms in total. The van der Waals surface area contributed by atoms with Gasteiger partial charge in [0.15, 0.2) is 6.10 Å². The van der Waals surface area contributed by atoms with Crippen LogP contribution in [-0.4, -0.2) is 37.2 Å². The van der Waals surface area contributed by atoms with Crippen molar-refractivity contribution in [3.63, 3.8) is 0 Å². The van der Waals surface area contributed by atoms with Crippen LogP contribution in [0.1, 0.15) is 380 Å². The molecule has 0 aromatic heterocycles. The highest BCUT2D eigenvalue weighted by Gasteiger charge is 2.19. The minimum atomic E-state index is -0.786. The summed E-state index contributed by atoms with van der Waals surface area (Å²) >= 11 is 0. The van der Waals surface area contributed by atoms with Crippen LogP contribution < -0.4 is 0 Å². The van der Waals surface area contributed by atoms with Crippen molar-refractivity contribution in [2.45, 2.75) is 386 Å². The Kier molecular flexibility index (Phi) is 67.1. The lowest BCUT2D eigenvalue weighted by atomic mass is 10.0. The van der Waals surface area contributed by atoms with Crippen LogP contribution in [0.25, 0.3) is 0 Å². The summed E-state index contributed by atoms with van der Waals surface area (Å²) in [6.45, 7) is 6.57. The summed E-state index contributed by atoms with van der Waals surface area (Å²) in [5.74, 6) is -0.879. The van der Waals surface area contributed by atoms with Crippen molar-refractivity contribution in [3.05, 3.63) is 60.8 Å². The van der Waals surface area contributed by atoms with Crippen LogP contribution in [0, 0.1) is 0 Å². The number of rotatable bonds is 66. The quantitative estimate of drug-likeness (QED) is 0.0261. The number of esters is 3. The molecule has 0 radical (unpaired) electrons. The maximum Gasteiger partial charge on any atom is 0.306 e. The third kappa shape index (κ3) is 67.8. The summed E-state index contributed by atoms with van der Waals surface area (Å²) in [6, 6.07) is 0. The van der Waals surface area contributed by atoms with Gasteiger partial charge in [-0.05, 0) is 83.5 Å². The Labute approximate surface area is 504 Å². The van der Waals surface area contributed by atoms with Crippen molar-refractivity contribution in [3.8, 4) is 0 Å². The molecule has 0 aliphatic heterocycles. The Balaban J connectivity index is 4.19. The number of hydrogen-bond donors (Lipinski definition) is 0. The first-order valence-electron chi connectivity index (χ1n) is 35.8. The lowest BCUT2D eigenvalue weighted by Gasteiger charge is -2.18. The van der Waals surface area contributed by atoms with E-state index in [0.717, 1.165) is 96.3 Å². The predicted molar refractivity (Wildman–Crippen MR) is 353 cm³/mol. The fourth-order valence-electron chi connectivity index (χ4n) is 10.7. The van der Waals surface area contributed by atoms with Crippen molar-refractivity contribution < 1.29 is 28.6 Å². The van der Waals surface area contributed by atoms with E-state index in [4.69, 9.17) is 14.2 Å². The van der Waals surface area contributed by atoms with Crippen LogP contribution in [0.2, 0.25) is 0 Å². The molecular weight excluding hydrogens is 997 g/mol. The van der Waals surface area contributed by atoms with Gasteiger partial charge < -0.3 is 14.2 Å². The zero-order chi connectivity index (χ0) is 58.5. The molecule has 0 bridgehead atoms. The molecule has 0 N–H and O–H groups in total. The number of unbranched alkanes of at least 4 members (excludes halogenated alkanes) is 45. The average molecular weight is 1130 g/mol. The maximum absolute atomic E-state index is 12.9. The highest BCUT2D eigenvalue weighted by atomic mass is 16.6. The molecule has 0 fully saturated rings. The third-order valence-corrected chi connectivity index (χ3v) is 16.0. The van der Waals surface area contributed by atoms with Gasteiger partial charge in [0.2, 0.25) is 0 Å². The first kappa shape index (κ1) is 78.1. The van der Waals surface area contributed by atoms with E-state index in [9.17, 15) is 14.4 Å². The summed E-state index contributed by atoms with van der Waals surface area (Å²) in [7, 11) is 0. The molecule has 1 unspecified atom stereocenters. The fraction of sp³-hybridized carbons (Fsp3) is 0.827. The maximum atomic E-state index is 12.9. The summed E-state index contributed by atoms with van der Waals surface area (Å²) in [4.78, 5) is 38.4. The van der Waals surface area contributed by atoms with Crippen molar-refractivity contribution in [2.24, 2.45) is 0 Å². The topological polar surface area (TPSA) is 78.9 Å². The standard InChI is InChI=1S/C75H136O6/c1-4-7-10-13-16-19-22-25-28-30-31-32-33-34-35-36-37-38-39-40-41-42-43-45-47-50-53-56-59-62-65-68-74(77)80-71-72(70-79-73(76)67-64-61-58-55-52-49-46-27-24-21-18-15-12-9-6-3)81-75(78)69-66-63-60-57-54-51-48-44-29-26-23-20-17-14-11-8-5-2/h8,11,17,20,26,29-31,48,51,72H,4-7,9-10,12-16,18-19,21-25,27-28,32-47,49-50,52-71H2,1-3H3/b11-8-,20-17-,29-26-,31-30-,51-48-. The van der Waals surface area contributed by atoms with E-state index >= 15 is 0 Å². The summed E-state index contributed by atoms with van der Waals surface area (Å²) < 4.78 is 17.0. The fourth-order valence-corrected chi connectivity index (χ4v) is 10.7. The van der Waals surface area contributed by atoms with Crippen molar-refractivity contribution in [1.82, 2.24) is 0 Å². The molecule has 0 heterocycles. The highest BCUT2D eigenvalue weighted by Crippen LogP contribution is 2.18. The Hall–Kier alpha value is -2.89. The summed E-state index contributed by atoms with van der Waals surface area (Å²) in [6.07, 6.45) is 89.8. The molecule has 472 valence electrons. The molecule has 0 aliphatic carbocycles. The lowest BCUT2D eigenvalue weighted by molar-refractivity contribution is -0.167. The Morgan fingerprint density at radius 3 is 0.765 bits per heavy atom. The molecule has 0 aromatic carbocycles. The summed E-state index contributed by atoms with van der Waals surface area (Å²) in [5, 5.41) is 0. The second-order valence-electron chi connectivity index (χ2n) is 24.1. The van der Waals surface area contributed by atoms with Gasteiger partial charge in [0.05, 0.1) is 0 Å². The molecule has 1 atom stereocenters.